The van der Waals surface area contributed by atoms with E-state index in [-0.39, 0.29) is 29.6 Å². The molecule has 2 saturated heterocycles. The van der Waals surface area contributed by atoms with Gasteiger partial charge in [0.25, 0.3) is 0 Å². The maximum atomic E-state index is 13.4. The molecule has 1 aliphatic carbocycles. The summed E-state index contributed by atoms with van der Waals surface area (Å²) in [7, 11) is -3.81. The second-order valence-electron chi connectivity index (χ2n) is 9.62. The molecule has 198 valence electrons. The number of rotatable bonds is 6. The van der Waals surface area contributed by atoms with Gasteiger partial charge in [-0.25, -0.2) is 8.42 Å². The number of nitrogens with zero attached hydrogens (tertiary/aromatic N) is 3. The van der Waals surface area contributed by atoms with E-state index in [9.17, 15) is 31.8 Å². The Bertz CT molecular complexity index is 1150. The lowest BCUT2D eigenvalue weighted by Crippen LogP contribution is -2.58. The Kier molecular flexibility index (Phi) is 7.67. The lowest BCUT2D eigenvalue weighted by atomic mass is 9.95. The number of piperazine rings is 1. The molecule has 2 heterocycles. The normalized spacial score (nSPS) is 26.2. The van der Waals surface area contributed by atoms with Crippen LogP contribution < -0.4 is 4.90 Å². The molecule has 12 heteroatoms. The van der Waals surface area contributed by atoms with Crippen LogP contribution in [0.3, 0.4) is 0 Å². The van der Waals surface area contributed by atoms with Crippen LogP contribution in [-0.4, -0.2) is 90.3 Å². The van der Waals surface area contributed by atoms with Gasteiger partial charge in [0, 0.05) is 56.2 Å². The third-order valence-corrected chi connectivity index (χ3v) is 9.52. The summed E-state index contributed by atoms with van der Waals surface area (Å²) < 4.78 is 68.0. The predicted octanol–water partition coefficient (Wildman–Crippen LogP) is 2.56. The van der Waals surface area contributed by atoms with Crippen LogP contribution in [0.5, 0.6) is 0 Å². The van der Waals surface area contributed by atoms with Gasteiger partial charge in [0.15, 0.2) is 5.60 Å². The van der Waals surface area contributed by atoms with Gasteiger partial charge >= 0.3 is 6.18 Å². The first kappa shape index (κ1) is 27.2. The van der Waals surface area contributed by atoms with Crippen LogP contribution in [0.25, 0.3) is 0 Å². The molecule has 1 aromatic rings. The summed E-state index contributed by atoms with van der Waals surface area (Å²) in [6, 6.07) is 5.24. The standard InChI is InChI=1S/C24H30F3N3O4S2/c1-23(32,24(25,26)27)17-6-8-18(9-7-17)30-13-12-29(15-19(30)14-28-11-10-20(31)16-28)36(33,34)22-5-3-2-4-21(22)35/h2-3,5-9,19-20,31-32H,4,10-16H2,1H3. The van der Waals surface area contributed by atoms with Crippen LogP contribution in [0, 0.1) is 0 Å². The van der Waals surface area contributed by atoms with Crippen molar-refractivity contribution in [1.82, 2.24) is 9.21 Å². The number of anilines is 1. The van der Waals surface area contributed by atoms with Gasteiger partial charge in [-0.2, -0.15) is 17.5 Å². The molecule has 3 aliphatic rings. The van der Waals surface area contributed by atoms with Gasteiger partial charge in [0.05, 0.1) is 17.1 Å². The SMILES string of the molecule is CC(O)(c1ccc(N2CCN(S(=O)(=O)C3=CC=CCC3=S)CC2CN2CCC(O)C2)cc1)C(F)(F)F. The average Bonchev–Trinajstić information content (AvgIpc) is 3.23. The summed E-state index contributed by atoms with van der Waals surface area (Å²) in [5, 5.41) is 20.0. The molecule has 3 unspecified atom stereocenters. The van der Waals surface area contributed by atoms with Crippen molar-refractivity contribution < 1.29 is 31.8 Å². The quantitative estimate of drug-likeness (QED) is 0.532. The van der Waals surface area contributed by atoms with Gasteiger partial charge in [-0.15, -0.1) is 0 Å². The minimum absolute atomic E-state index is 0.127. The minimum atomic E-state index is -4.82. The highest BCUT2D eigenvalue weighted by Gasteiger charge is 2.51. The van der Waals surface area contributed by atoms with Crippen molar-refractivity contribution in [2.24, 2.45) is 0 Å². The molecule has 0 saturated carbocycles. The Labute approximate surface area is 214 Å². The van der Waals surface area contributed by atoms with Crippen molar-refractivity contribution in [3.8, 4) is 0 Å². The lowest BCUT2D eigenvalue weighted by Gasteiger charge is -2.44. The number of allylic oxidation sites excluding steroid dienone is 4. The van der Waals surface area contributed by atoms with Gasteiger partial charge in [-0.1, -0.05) is 36.5 Å². The molecule has 3 atom stereocenters. The van der Waals surface area contributed by atoms with E-state index >= 15 is 0 Å². The molecular formula is C24H30F3N3O4S2. The molecule has 2 aliphatic heterocycles. The number of hydrogen-bond donors (Lipinski definition) is 2. The smallest absolute Gasteiger partial charge is 0.392 e. The summed E-state index contributed by atoms with van der Waals surface area (Å²) in [5.41, 5.74) is -2.62. The molecule has 0 radical (unpaired) electrons. The van der Waals surface area contributed by atoms with Crippen molar-refractivity contribution in [2.75, 3.05) is 44.2 Å². The zero-order valence-electron chi connectivity index (χ0n) is 19.9. The van der Waals surface area contributed by atoms with E-state index in [4.69, 9.17) is 12.2 Å². The Hall–Kier alpha value is -1.83. The van der Waals surface area contributed by atoms with E-state index in [1.807, 2.05) is 4.90 Å². The molecular weight excluding hydrogens is 515 g/mol. The maximum Gasteiger partial charge on any atom is 0.421 e. The minimum Gasteiger partial charge on any atom is -0.392 e. The number of benzene rings is 1. The Morgan fingerprint density at radius 2 is 1.81 bits per heavy atom. The maximum absolute atomic E-state index is 13.4. The van der Waals surface area contributed by atoms with E-state index < -0.39 is 27.9 Å². The molecule has 0 spiro atoms. The highest BCUT2D eigenvalue weighted by atomic mass is 32.2. The van der Waals surface area contributed by atoms with Gasteiger partial charge < -0.3 is 15.1 Å². The zero-order valence-corrected chi connectivity index (χ0v) is 21.5. The van der Waals surface area contributed by atoms with Crippen LogP contribution >= 0.6 is 12.2 Å². The second-order valence-corrected chi connectivity index (χ2v) is 12.0. The molecule has 1 aromatic carbocycles. The number of likely N-dealkylation sites (tertiary alicyclic amines) is 1. The van der Waals surface area contributed by atoms with Crippen molar-refractivity contribution >= 4 is 32.8 Å². The largest absolute Gasteiger partial charge is 0.421 e. The topological polar surface area (TPSA) is 84.3 Å². The van der Waals surface area contributed by atoms with Gasteiger partial charge in [-0.3, -0.25) is 4.90 Å². The number of β-amino-alcohol motifs (C(OH)–C–C–N with tert-alkyl or cyclic N) is 1. The fraction of sp³-hybridized carbons (Fsp3) is 0.542. The van der Waals surface area contributed by atoms with Crippen molar-refractivity contribution in [3.63, 3.8) is 0 Å². The molecule has 2 fully saturated rings. The Morgan fingerprint density at radius 3 is 2.39 bits per heavy atom. The number of sulfonamides is 1. The summed E-state index contributed by atoms with van der Waals surface area (Å²) in [6.45, 7) is 3.02. The first-order chi connectivity index (χ1) is 16.8. The molecule has 4 rings (SSSR count). The molecule has 36 heavy (non-hydrogen) atoms. The molecule has 2 N–H and O–H groups in total. The highest BCUT2D eigenvalue weighted by molar-refractivity contribution is 7.96. The van der Waals surface area contributed by atoms with Gasteiger partial charge in [-0.05, 0) is 37.1 Å². The Balaban J connectivity index is 1.59. The van der Waals surface area contributed by atoms with Crippen LogP contribution in [0.2, 0.25) is 0 Å². The second kappa shape index (κ2) is 10.1. The number of alkyl halides is 3. The number of thiocarbonyl (C=S) groups is 1. The first-order valence-corrected chi connectivity index (χ1v) is 13.6. The number of aliphatic hydroxyl groups is 2. The molecule has 0 aromatic heterocycles. The monoisotopic (exact) mass is 545 g/mol. The third kappa shape index (κ3) is 5.39. The molecule has 0 amide bonds. The Morgan fingerprint density at radius 1 is 1.11 bits per heavy atom. The number of aliphatic hydroxyl groups excluding tert-OH is 1. The van der Waals surface area contributed by atoms with Crippen molar-refractivity contribution in [1.29, 1.82) is 0 Å². The third-order valence-electron chi connectivity index (χ3n) is 7.05. The lowest BCUT2D eigenvalue weighted by molar-refractivity contribution is -0.258. The van der Waals surface area contributed by atoms with Gasteiger partial charge in [0.1, 0.15) is 0 Å². The van der Waals surface area contributed by atoms with E-state index in [2.05, 4.69) is 4.90 Å². The van der Waals surface area contributed by atoms with Crippen molar-refractivity contribution in [2.45, 2.75) is 43.7 Å². The van der Waals surface area contributed by atoms with E-state index in [1.54, 1.807) is 12.2 Å². The fourth-order valence-corrected chi connectivity index (χ4v) is 6.92. The van der Waals surface area contributed by atoms with E-state index in [0.29, 0.717) is 56.5 Å². The van der Waals surface area contributed by atoms with Gasteiger partial charge in [0.2, 0.25) is 10.0 Å². The number of hydrogen-bond acceptors (Lipinski definition) is 7. The van der Waals surface area contributed by atoms with E-state index in [1.165, 1.54) is 34.6 Å². The summed E-state index contributed by atoms with van der Waals surface area (Å²) in [6.07, 6.45) is 0.761. The number of halogens is 3. The van der Waals surface area contributed by atoms with E-state index in [0.717, 1.165) is 0 Å². The fourth-order valence-electron chi connectivity index (χ4n) is 4.85. The summed E-state index contributed by atoms with van der Waals surface area (Å²) in [4.78, 5) is 4.54. The average molecular weight is 546 g/mol. The summed E-state index contributed by atoms with van der Waals surface area (Å²) >= 11 is 5.30. The molecule has 0 bridgehead atoms. The zero-order chi connectivity index (χ0) is 26.3. The highest BCUT2D eigenvalue weighted by Crippen LogP contribution is 2.39. The van der Waals surface area contributed by atoms with Crippen LogP contribution in [0.4, 0.5) is 18.9 Å². The molecule has 7 nitrogen and oxygen atoms in total. The predicted molar refractivity (Wildman–Crippen MR) is 135 cm³/mol. The van der Waals surface area contributed by atoms with Crippen LogP contribution in [-0.2, 0) is 15.6 Å². The van der Waals surface area contributed by atoms with Crippen LogP contribution in [0.15, 0.2) is 47.4 Å². The summed E-state index contributed by atoms with van der Waals surface area (Å²) in [5.74, 6) is 0. The van der Waals surface area contributed by atoms with Crippen molar-refractivity contribution in [3.05, 3.63) is 53.0 Å². The first-order valence-electron chi connectivity index (χ1n) is 11.8. The van der Waals surface area contributed by atoms with Crippen LogP contribution in [0.1, 0.15) is 25.3 Å².